The van der Waals surface area contributed by atoms with Crippen molar-refractivity contribution in [2.75, 3.05) is 0 Å². The quantitative estimate of drug-likeness (QED) is 0.701. The molecule has 0 atom stereocenters. The van der Waals surface area contributed by atoms with E-state index in [0.717, 1.165) is 22.0 Å². The third kappa shape index (κ3) is 2.05. The first-order valence-corrected chi connectivity index (χ1v) is 4.81. The van der Waals surface area contributed by atoms with E-state index >= 15 is 0 Å². The molecule has 0 fully saturated rings. The Kier molecular flexibility index (Phi) is 2.83. The molecule has 0 aliphatic carbocycles. The van der Waals surface area contributed by atoms with Gasteiger partial charge in [0.25, 0.3) is 0 Å². The molecule has 0 saturated heterocycles. The van der Waals surface area contributed by atoms with Crippen molar-refractivity contribution >= 4 is 11.3 Å². The molecule has 1 aromatic heterocycles. The highest BCUT2D eigenvalue weighted by atomic mass is 32.1. The topological polar surface area (TPSA) is 36.7 Å². The molecule has 0 unspecified atom stereocenters. The van der Waals surface area contributed by atoms with Crippen molar-refractivity contribution < 1.29 is 0 Å². The first-order valence-electron chi connectivity index (χ1n) is 4.00. The molecule has 64 valence electrons. The molecule has 2 nitrogen and oxygen atoms in total. The van der Waals surface area contributed by atoms with Crippen LogP contribution in [0.5, 0.6) is 0 Å². The van der Waals surface area contributed by atoms with E-state index in [0.29, 0.717) is 5.92 Å². The second kappa shape index (κ2) is 3.68. The summed E-state index contributed by atoms with van der Waals surface area (Å²) in [4.78, 5) is 5.10. The van der Waals surface area contributed by atoms with Crippen molar-refractivity contribution in [3.63, 3.8) is 0 Å². The average Bonchev–Trinajstić information content (AvgIpc) is 2.29. The Hall–Kier alpha value is -0.880. The standard InChI is InChI=1S/C9H12N2S/c1-6(2)4-8-9(5-10)12-7(3)11-8/h6H,4H2,1-3H3. The number of nitrogens with zero attached hydrogens (tertiary/aromatic N) is 2. The highest BCUT2D eigenvalue weighted by Gasteiger charge is 2.09. The van der Waals surface area contributed by atoms with Crippen molar-refractivity contribution in [2.45, 2.75) is 27.2 Å². The van der Waals surface area contributed by atoms with Gasteiger partial charge in [-0.3, -0.25) is 0 Å². The van der Waals surface area contributed by atoms with E-state index in [9.17, 15) is 0 Å². The van der Waals surface area contributed by atoms with E-state index < -0.39 is 0 Å². The van der Waals surface area contributed by atoms with Gasteiger partial charge in [-0.25, -0.2) is 4.98 Å². The Morgan fingerprint density at radius 1 is 1.58 bits per heavy atom. The molecule has 0 aliphatic heterocycles. The van der Waals surface area contributed by atoms with Gasteiger partial charge in [-0.05, 0) is 19.3 Å². The van der Waals surface area contributed by atoms with Crippen LogP contribution in [-0.4, -0.2) is 4.98 Å². The van der Waals surface area contributed by atoms with Gasteiger partial charge in [-0.15, -0.1) is 11.3 Å². The largest absolute Gasteiger partial charge is 0.245 e. The normalized spacial score (nSPS) is 10.2. The number of rotatable bonds is 2. The van der Waals surface area contributed by atoms with Crippen LogP contribution < -0.4 is 0 Å². The zero-order valence-corrected chi connectivity index (χ0v) is 8.40. The first-order chi connectivity index (χ1) is 5.63. The summed E-state index contributed by atoms with van der Waals surface area (Å²) in [5, 5.41) is 9.75. The molecule has 3 heteroatoms. The molecule has 0 bridgehead atoms. The van der Waals surface area contributed by atoms with Crippen LogP contribution in [0, 0.1) is 24.2 Å². The highest BCUT2D eigenvalue weighted by Crippen LogP contribution is 2.19. The van der Waals surface area contributed by atoms with Crippen LogP contribution in [-0.2, 0) is 6.42 Å². The van der Waals surface area contributed by atoms with E-state index in [1.165, 1.54) is 11.3 Å². The summed E-state index contributed by atoms with van der Waals surface area (Å²) in [6, 6.07) is 2.18. The van der Waals surface area contributed by atoms with E-state index in [4.69, 9.17) is 5.26 Å². The van der Waals surface area contributed by atoms with Crippen molar-refractivity contribution in [3.8, 4) is 6.07 Å². The third-order valence-corrected chi connectivity index (χ3v) is 2.43. The molecule has 1 aromatic rings. The minimum atomic E-state index is 0.568. The molecule has 12 heavy (non-hydrogen) atoms. The molecule has 0 aromatic carbocycles. The average molecular weight is 180 g/mol. The summed E-state index contributed by atoms with van der Waals surface area (Å²) in [7, 11) is 0. The van der Waals surface area contributed by atoms with Crippen LogP contribution in [0.1, 0.15) is 29.4 Å². The molecule has 0 aliphatic rings. The van der Waals surface area contributed by atoms with Crippen LogP contribution in [0.15, 0.2) is 0 Å². The number of nitriles is 1. The van der Waals surface area contributed by atoms with E-state index in [1.807, 2.05) is 6.92 Å². The molecular formula is C9H12N2S. The lowest BCUT2D eigenvalue weighted by Gasteiger charge is -1.99. The molecular weight excluding hydrogens is 168 g/mol. The molecule has 0 N–H and O–H groups in total. The molecule has 1 heterocycles. The Bertz CT molecular complexity index is 307. The fraction of sp³-hybridized carbons (Fsp3) is 0.556. The number of hydrogen-bond acceptors (Lipinski definition) is 3. The molecule has 0 amide bonds. The number of thiazole rings is 1. The number of aromatic nitrogens is 1. The molecule has 0 spiro atoms. The second-order valence-electron chi connectivity index (χ2n) is 3.22. The monoisotopic (exact) mass is 180 g/mol. The SMILES string of the molecule is Cc1nc(CC(C)C)c(C#N)s1. The summed E-state index contributed by atoms with van der Waals surface area (Å²) < 4.78 is 0. The number of hydrogen-bond donors (Lipinski definition) is 0. The maximum absolute atomic E-state index is 8.77. The van der Waals surface area contributed by atoms with Crippen LogP contribution in [0.25, 0.3) is 0 Å². The van der Waals surface area contributed by atoms with Gasteiger partial charge in [-0.2, -0.15) is 5.26 Å². The second-order valence-corrected chi connectivity index (χ2v) is 4.42. The Balaban J connectivity index is 2.91. The van der Waals surface area contributed by atoms with Crippen molar-refractivity contribution in [1.29, 1.82) is 5.26 Å². The van der Waals surface area contributed by atoms with Crippen LogP contribution in [0.4, 0.5) is 0 Å². The molecule has 0 saturated carbocycles. The zero-order chi connectivity index (χ0) is 9.14. The Labute approximate surface area is 76.9 Å². The van der Waals surface area contributed by atoms with Crippen LogP contribution in [0.3, 0.4) is 0 Å². The van der Waals surface area contributed by atoms with Crippen LogP contribution in [0.2, 0.25) is 0 Å². The summed E-state index contributed by atoms with van der Waals surface area (Å²) in [5.74, 6) is 0.568. The van der Waals surface area contributed by atoms with Crippen LogP contribution >= 0.6 is 11.3 Å². The predicted molar refractivity (Wildman–Crippen MR) is 50.1 cm³/mol. The summed E-state index contributed by atoms with van der Waals surface area (Å²) in [6.45, 7) is 6.21. The lowest BCUT2D eigenvalue weighted by molar-refractivity contribution is 0.636. The zero-order valence-electron chi connectivity index (χ0n) is 7.59. The fourth-order valence-electron chi connectivity index (χ4n) is 1.08. The third-order valence-electron chi connectivity index (χ3n) is 1.51. The van der Waals surface area contributed by atoms with Gasteiger partial charge in [0.2, 0.25) is 0 Å². The smallest absolute Gasteiger partial charge is 0.128 e. The summed E-state index contributed by atoms with van der Waals surface area (Å²) >= 11 is 1.48. The van der Waals surface area contributed by atoms with E-state index in [-0.39, 0.29) is 0 Å². The minimum absolute atomic E-state index is 0.568. The first kappa shape index (κ1) is 9.21. The Morgan fingerprint density at radius 2 is 2.25 bits per heavy atom. The minimum Gasteiger partial charge on any atom is -0.245 e. The Morgan fingerprint density at radius 3 is 2.75 bits per heavy atom. The van der Waals surface area contributed by atoms with Crippen molar-refractivity contribution in [3.05, 3.63) is 15.6 Å². The van der Waals surface area contributed by atoms with Gasteiger partial charge in [0.1, 0.15) is 10.9 Å². The summed E-state index contributed by atoms with van der Waals surface area (Å²) in [5.41, 5.74) is 0.968. The maximum atomic E-state index is 8.77. The molecule has 0 radical (unpaired) electrons. The fourth-order valence-corrected chi connectivity index (χ4v) is 1.83. The van der Waals surface area contributed by atoms with Gasteiger partial charge in [0.15, 0.2) is 0 Å². The van der Waals surface area contributed by atoms with Crippen molar-refractivity contribution in [2.24, 2.45) is 5.92 Å². The van der Waals surface area contributed by atoms with Gasteiger partial charge < -0.3 is 0 Å². The van der Waals surface area contributed by atoms with E-state index in [2.05, 4.69) is 24.9 Å². The van der Waals surface area contributed by atoms with Gasteiger partial charge in [0.05, 0.1) is 10.7 Å². The van der Waals surface area contributed by atoms with Gasteiger partial charge in [0, 0.05) is 0 Å². The lowest BCUT2D eigenvalue weighted by Crippen LogP contribution is -1.96. The molecule has 1 rings (SSSR count). The van der Waals surface area contributed by atoms with E-state index in [1.54, 1.807) is 0 Å². The highest BCUT2D eigenvalue weighted by molar-refractivity contribution is 7.12. The number of aryl methyl sites for hydroxylation is 1. The summed E-state index contributed by atoms with van der Waals surface area (Å²) in [6.07, 6.45) is 0.910. The van der Waals surface area contributed by atoms with Gasteiger partial charge in [-0.1, -0.05) is 13.8 Å². The van der Waals surface area contributed by atoms with Gasteiger partial charge >= 0.3 is 0 Å². The maximum Gasteiger partial charge on any atom is 0.128 e. The predicted octanol–water partition coefficient (Wildman–Crippen LogP) is 2.52. The van der Waals surface area contributed by atoms with Crippen molar-refractivity contribution in [1.82, 2.24) is 4.98 Å². The lowest BCUT2D eigenvalue weighted by atomic mass is 10.1.